The molecule has 8 nitrogen and oxygen atoms in total. The van der Waals surface area contributed by atoms with E-state index in [9.17, 15) is 4.79 Å². The first-order chi connectivity index (χ1) is 15.6. The fourth-order valence-electron chi connectivity index (χ4n) is 4.11. The van der Waals surface area contributed by atoms with Crippen LogP contribution in [0.3, 0.4) is 0 Å². The van der Waals surface area contributed by atoms with Crippen LogP contribution in [-0.2, 0) is 4.74 Å². The highest BCUT2D eigenvalue weighted by molar-refractivity contribution is 6.00. The van der Waals surface area contributed by atoms with Crippen molar-refractivity contribution >= 4 is 23.3 Å². The maximum atomic E-state index is 12.3. The average Bonchev–Trinajstić information content (AvgIpc) is 3.37. The number of carbonyl (C=O) groups is 1. The van der Waals surface area contributed by atoms with Crippen molar-refractivity contribution in [3.63, 3.8) is 0 Å². The third-order valence-corrected chi connectivity index (χ3v) is 5.82. The number of ether oxygens (including phenoxy) is 1. The monoisotopic (exact) mass is 436 g/mol. The first-order valence-electron chi connectivity index (χ1n) is 11.3. The topological polar surface area (TPSA) is 73.3 Å². The molecular formula is C24H32N6O2. The minimum Gasteiger partial charge on any atom is -0.475 e. The predicted octanol–water partition coefficient (Wildman–Crippen LogP) is 2.18. The highest BCUT2D eigenvalue weighted by Gasteiger charge is 2.22. The zero-order valence-electron chi connectivity index (χ0n) is 19.0. The van der Waals surface area contributed by atoms with Gasteiger partial charge in [0.1, 0.15) is 12.4 Å². The standard InChI is InChI=1S/C24H32N6O2/c1-28(2)24(31)20-8-5-10-25-22(20)26-11-6-13-29-14-16-30(17-15-29)21-9-4-3-7-19(21)23-27-12-18-32-23/h3-5,7-10H,6,11-18H2,1-2H3,(H,25,26). The second kappa shape index (κ2) is 10.5. The number of nitrogens with zero attached hydrogens (tertiary/aromatic N) is 5. The Morgan fingerprint density at radius 1 is 1.12 bits per heavy atom. The quantitative estimate of drug-likeness (QED) is 0.640. The Labute approximate surface area is 189 Å². The van der Waals surface area contributed by atoms with Crippen LogP contribution >= 0.6 is 0 Å². The summed E-state index contributed by atoms with van der Waals surface area (Å²) in [5.41, 5.74) is 2.92. The second-order valence-electron chi connectivity index (χ2n) is 8.26. The molecule has 2 aliphatic rings. The summed E-state index contributed by atoms with van der Waals surface area (Å²) in [4.78, 5) is 27.7. The number of rotatable bonds is 8. The molecule has 0 spiro atoms. The van der Waals surface area contributed by atoms with Crippen LogP contribution in [-0.4, -0.2) is 93.1 Å². The molecule has 4 rings (SSSR count). The number of anilines is 2. The van der Waals surface area contributed by atoms with Gasteiger partial charge in [0.25, 0.3) is 5.91 Å². The van der Waals surface area contributed by atoms with E-state index in [1.807, 2.05) is 12.1 Å². The van der Waals surface area contributed by atoms with E-state index in [2.05, 4.69) is 43.3 Å². The molecule has 1 saturated heterocycles. The molecule has 2 aromatic rings. The Balaban J connectivity index is 1.25. The lowest BCUT2D eigenvalue weighted by atomic mass is 10.1. The lowest BCUT2D eigenvalue weighted by Gasteiger charge is -2.37. The molecule has 0 atom stereocenters. The second-order valence-corrected chi connectivity index (χ2v) is 8.26. The van der Waals surface area contributed by atoms with E-state index >= 15 is 0 Å². The number of amides is 1. The van der Waals surface area contributed by atoms with E-state index in [1.165, 1.54) is 5.69 Å². The summed E-state index contributed by atoms with van der Waals surface area (Å²) in [7, 11) is 3.51. The van der Waals surface area contributed by atoms with Gasteiger partial charge >= 0.3 is 0 Å². The fraction of sp³-hybridized carbons (Fsp3) is 0.458. The molecule has 0 unspecified atom stereocenters. The third-order valence-electron chi connectivity index (χ3n) is 5.82. The van der Waals surface area contributed by atoms with E-state index in [1.54, 1.807) is 31.3 Å². The Morgan fingerprint density at radius 2 is 1.94 bits per heavy atom. The lowest BCUT2D eigenvalue weighted by Crippen LogP contribution is -2.47. The Hall–Kier alpha value is -3.13. The van der Waals surface area contributed by atoms with Gasteiger partial charge in [-0.2, -0.15) is 0 Å². The molecular weight excluding hydrogens is 404 g/mol. The molecule has 0 radical (unpaired) electrons. The van der Waals surface area contributed by atoms with Crippen LogP contribution in [0.5, 0.6) is 0 Å². The van der Waals surface area contributed by atoms with Crippen molar-refractivity contribution in [1.82, 2.24) is 14.8 Å². The van der Waals surface area contributed by atoms with Gasteiger partial charge < -0.3 is 19.9 Å². The largest absolute Gasteiger partial charge is 0.475 e. The average molecular weight is 437 g/mol. The summed E-state index contributed by atoms with van der Waals surface area (Å²) in [5.74, 6) is 1.39. The normalized spacial score (nSPS) is 16.4. The van der Waals surface area contributed by atoms with Gasteiger partial charge in [-0.15, -0.1) is 0 Å². The van der Waals surface area contributed by atoms with E-state index in [4.69, 9.17) is 4.74 Å². The highest BCUT2D eigenvalue weighted by atomic mass is 16.5. The SMILES string of the molecule is CN(C)C(=O)c1cccnc1NCCCN1CCN(c2ccccc2C2=NCCO2)CC1. The molecule has 32 heavy (non-hydrogen) atoms. The van der Waals surface area contributed by atoms with Gasteiger partial charge in [-0.3, -0.25) is 9.69 Å². The number of aliphatic imine (C=N–C) groups is 1. The lowest BCUT2D eigenvalue weighted by molar-refractivity contribution is 0.0828. The van der Waals surface area contributed by atoms with Gasteiger partial charge in [0.15, 0.2) is 0 Å². The van der Waals surface area contributed by atoms with Crippen LogP contribution in [0, 0.1) is 0 Å². The molecule has 0 aliphatic carbocycles. The number of pyridine rings is 1. The van der Waals surface area contributed by atoms with Crippen molar-refractivity contribution in [2.75, 3.05) is 76.7 Å². The van der Waals surface area contributed by atoms with Gasteiger partial charge in [-0.25, -0.2) is 9.98 Å². The molecule has 1 aromatic heterocycles. The molecule has 0 saturated carbocycles. The van der Waals surface area contributed by atoms with Crippen molar-refractivity contribution in [3.8, 4) is 0 Å². The maximum Gasteiger partial charge on any atom is 0.257 e. The number of para-hydroxylation sites is 1. The Bertz CT molecular complexity index is 953. The zero-order valence-corrected chi connectivity index (χ0v) is 19.0. The minimum atomic E-state index is -0.0361. The van der Waals surface area contributed by atoms with E-state index in [0.29, 0.717) is 18.0 Å². The minimum absolute atomic E-state index is 0.0361. The predicted molar refractivity (Wildman–Crippen MR) is 128 cm³/mol. The molecule has 1 N–H and O–H groups in total. The number of nitrogens with one attached hydrogen (secondary N) is 1. The summed E-state index contributed by atoms with van der Waals surface area (Å²) in [6, 6.07) is 12.0. The van der Waals surface area contributed by atoms with Gasteiger partial charge in [0.05, 0.1) is 17.7 Å². The summed E-state index contributed by atoms with van der Waals surface area (Å²) in [6.07, 6.45) is 2.71. The summed E-state index contributed by atoms with van der Waals surface area (Å²) in [5, 5.41) is 3.34. The van der Waals surface area contributed by atoms with Crippen molar-refractivity contribution in [2.45, 2.75) is 6.42 Å². The van der Waals surface area contributed by atoms with Gasteiger partial charge in [0.2, 0.25) is 5.90 Å². The van der Waals surface area contributed by atoms with Crippen LogP contribution in [0.25, 0.3) is 0 Å². The van der Waals surface area contributed by atoms with Crippen molar-refractivity contribution in [1.29, 1.82) is 0 Å². The number of hydrogen-bond acceptors (Lipinski definition) is 7. The first kappa shape index (κ1) is 22.1. The van der Waals surface area contributed by atoms with Gasteiger partial charge in [-0.05, 0) is 37.2 Å². The van der Waals surface area contributed by atoms with E-state index in [-0.39, 0.29) is 5.91 Å². The van der Waals surface area contributed by atoms with Gasteiger partial charge in [0, 0.05) is 58.7 Å². The summed E-state index contributed by atoms with van der Waals surface area (Å²) >= 11 is 0. The molecule has 0 bridgehead atoms. The van der Waals surface area contributed by atoms with Crippen LogP contribution in [0.15, 0.2) is 47.6 Å². The number of carbonyl (C=O) groups excluding carboxylic acids is 1. The van der Waals surface area contributed by atoms with E-state index in [0.717, 1.165) is 63.7 Å². The fourth-order valence-corrected chi connectivity index (χ4v) is 4.11. The van der Waals surface area contributed by atoms with Crippen LogP contribution in [0.1, 0.15) is 22.3 Å². The van der Waals surface area contributed by atoms with Gasteiger partial charge in [-0.1, -0.05) is 12.1 Å². The van der Waals surface area contributed by atoms with Crippen molar-refractivity contribution in [3.05, 3.63) is 53.7 Å². The van der Waals surface area contributed by atoms with Crippen molar-refractivity contribution < 1.29 is 9.53 Å². The Kier molecular flexibility index (Phi) is 7.21. The maximum absolute atomic E-state index is 12.3. The summed E-state index contributed by atoms with van der Waals surface area (Å²) in [6.45, 7) is 7.24. The molecule has 1 amide bonds. The molecule has 170 valence electrons. The van der Waals surface area contributed by atoms with Crippen molar-refractivity contribution in [2.24, 2.45) is 4.99 Å². The molecule has 1 aromatic carbocycles. The molecule has 1 fully saturated rings. The summed E-state index contributed by atoms with van der Waals surface area (Å²) < 4.78 is 5.71. The van der Waals surface area contributed by atoms with Crippen LogP contribution in [0.4, 0.5) is 11.5 Å². The first-order valence-corrected chi connectivity index (χ1v) is 11.3. The van der Waals surface area contributed by atoms with Crippen LogP contribution in [0.2, 0.25) is 0 Å². The molecule has 2 aliphatic heterocycles. The number of piperazine rings is 1. The number of benzene rings is 1. The number of aromatic nitrogens is 1. The van der Waals surface area contributed by atoms with Crippen LogP contribution < -0.4 is 10.2 Å². The highest BCUT2D eigenvalue weighted by Crippen LogP contribution is 2.24. The zero-order chi connectivity index (χ0) is 22.3. The third kappa shape index (κ3) is 5.19. The molecule has 8 heteroatoms. The molecule has 3 heterocycles. The smallest absolute Gasteiger partial charge is 0.257 e. The number of hydrogen-bond donors (Lipinski definition) is 1. The van der Waals surface area contributed by atoms with E-state index < -0.39 is 0 Å². The Morgan fingerprint density at radius 3 is 2.69 bits per heavy atom.